The summed E-state index contributed by atoms with van der Waals surface area (Å²) < 4.78 is 11.6. The molecule has 0 aromatic carbocycles. The summed E-state index contributed by atoms with van der Waals surface area (Å²) in [5.74, 6) is 1.49. The van der Waals surface area contributed by atoms with Gasteiger partial charge in [0.05, 0.1) is 35.7 Å². The number of nitrogens with zero attached hydrogens (tertiary/aromatic N) is 2. The Balaban J connectivity index is 1.49. The lowest BCUT2D eigenvalue weighted by Gasteiger charge is -2.43. The Labute approximate surface area is 145 Å². The Morgan fingerprint density at radius 3 is 3.12 bits per heavy atom. The average molecular weight is 346 g/mol. The molecule has 1 aliphatic heterocycles. The van der Waals surface area contributed by atoms with Crippen LogP contribution < -0.4 is 0 Å². The van der Waals surface area contributed by atoms with Gasteiger partial charge in [-0.05, 0) is 31.2 Å². The second-order valence-corrected chi connectivity index (χ2v) is 7.47. The lowest BCUT2D eigenvalue weighted by Crippen LogP contribution is -2.55. The summed E-state index contributed by atoms with van der Waals surface area (Å²) in [6, 6.07) is 4.20. The highest BCUT2D eigenvalue weighted by molar-refractivity contribution is 7.13. The molecule has 2 aromatic rings. The van der Waals surface area contributed by atoms with Crippen molar-refractivity contribution in [3.05, 3.63) is 29.0 Å². The van der Waals surface area contributed by atoms with Crippen molar-refractivity contribution in [1.82, 2.24) is 9.88 Å². The Morgan fingerprint density at radius 1 is 1.42 bits per heavy atom. The van der Waals surface area contributed by atoms with E-state index in [0.29, 0.717) is 25.5 Å². The first-order valence-electron chi connectivity index (χ1n) is 8.63. The minimum Gasteiger partial charge on any atom is -0.440 e. The molecule has 0 N–H and O–H groups in total. The fourth-order valence-electron chi connectivity index (χ4n) is 3.75. The van der Waals surface area contributed by atoms with Crippen LogP contribution in [0.2, 0.25) is 0 Å². The Hall–Kier alpha value is -1.66. The van der Waals surface area contributed by atoms with Crippen molar-refractivity contribution >= 4 is 17.2 Å². The first-order chi connectivity index (χ1) is 11.7. The fourth-order valence-corrected chi connectivity index (χ4v) is 4.40. The molecule has 128 valence electrons. The molecule has 24 heavy (non-hydrogen) atoms. The zero-order valence-corrected chi connectivity index (χ0v) is 14.7. The molecule has 4 rings (SSSR count). The van der Waals surface area contributed by atoms with Gasteiger partial charge in [0.1, 0.15) is 5.76 Å². The van der Waals surface area contributed by atoms with Gasteiger partial charge >= 0.3 is 0 Å². The number of rotatable bonds is 3. The van der Waals surface area contributed by atoms with E-state index in [2.05, 4.69) is 4.98 Å². The van der Waals surface area contributed by atoms with Crippen molar-refractivity contribution in [2.45, 2.75) is 51.2 Å². The van der Waals surface area contributed by atoms with Crippen molar-refractivity contribution in [1.29, 1.82) is 0 Å². The number of aromatic nitrogens is 1. The molecule has 1 amide bonds. The molecule has 6 heteroatoms. The molecule has 5 nitrogen and oxygen atoms in total. The second-order valence-electron chi connectivity index (χ2n) is 6.52. The SMILES string of the molecule is Cc1oc(-c2cccs2)nc1CC(=O)N1CCO[C@@H]2CCCC[C@H]21. The van der Waals surface area contributed by atoms with Gasteiger partial charge in [-0.3, -0.25) is 4.79 Å². The van der Waals surface area contributed by atoms with Crippen LogP contribution in [0.5, 0.6) is 0 Å². The van der Waals surface area contributed by atoms with Crippen molar-refractivity contribution in [3.8, 4) is 10.8 Å². The second kappa shape index (κ2) is 6.69. The summed E-state index contributed by atoms with van der Waals surface area (Å²) in [5.41, 5.74) is 0.752. The van der Waals surface area contributed by atoms with Crippen LogP contribution in [0, 0.1) is 6.92 Å². The first kappa shape index (κ1) is 15.8. The quantitative estimate of drug-likeness (QED) is 0.854. The van der Waals surface area contributed by atoms with Gasteiger partial charge in [-0.1, -0.05) is 18.9 Å². The number of amides is 1. The van der Waals surface area contributed by atoms with E-state index in [0.717, 1.165) is 29.2 Å². The van der Waals surface area contributed by atoms with Gasteiger partial charge < -0.3 is 14.1 Å². The van der Waals surface area contributed by atoms with Gasteiger partial charge in [0.15, 0.2) is 0 Å². The van der Waals surface area contributed by atoms with Crippen molar-refractivity contribution in [2.75, 3.05) is 13.2 Å². The number of aryl methyl sites for hydroxylation is 1. The van der Waals surface area contributed by atoms with Gasteiger partial charge in [-0.2, -0.15) is 0 Å². The number of fused-ring (bicyclic) bond motifs is 1. The molecule has 2 atom stereocenters. The molecule has 1 aliphatic carbocycles. The van der Waals surface area contributed by atoms with Gasteiger partial charge in [-0.25, -0.2) is 4.98 Å². The average Bonchev–Trinajstić information content (AvgIpc) is 3.25. The summed E-state index contributed by atoms with van der Waals surface area (Å²) in [7, 11) is 0. The van der Waals surface area contributed by atoms with Crippen LogP contribution in [0.4, 0.5) is 0 Å². The number of hydrogen-bond donors (Lipinski definition) is 0. The highest BCUT2D eigenvalue weighted by Crippen LogP contribution is 2.30. The highest BCUT2D eigenvalue weighted by Gasteiger charge is 2.36. The normalized spacial score (nSPS) is 24.0. The number of oxazole rings is 1. The van der Waals surface area contributed by atoms with Crippen molar-refractivity contribution in [3.63, 3.8) is 0 Å². The molecule has 0 bridgehead atoms. The van der Waals surface area contributed by atoms with E-state index >= 15 is 0 Å². The fraction of sp³-hybridized carbons (Fsp3) is 0.556. The largest absolute Gasteiger partial charge is 0.440 e. The predicted octanol–water partition coefficient (Wildman–Crippen LogP) is 3.42. The number of thiophene rings is 1. The molecule has 1 saturated heterocycles. The zero-order valence-electron chi connectivity index (χ0n) is 13.9. The summed E-state index contributed by atoms with van der Waals surface area (Å²) in [5, 5.41) is 2.00. The lowest BCUT2D eigenvalue weighted by molar-refractivity contribution is -0.148. The molecule has 0 unspecified atom stereocenters. The van der Waals surface area contributed by atoms with Gasteiger partial charge in [0.25, 0.3) is 0 Å². The minimum atomic E-state index is 0.143. The number of carbonyl (C=O) groups is 1. The minimum absolute atomic E-state index is 0.143. The molecular formula is C18H22N2O3S. The van der Waals surface area contributed by atoms with Crippen molar-refractivity contribution in [2.24, 2.45) is 0 Å². The maximum absolute atomic E-state index is 12.9. The molecule has 2 fully saturated rings. The Morgan fingerprint density at radius 2 is 2.29 bits per heavy atom. The van der Waals surface area contributed by atoms with Crippen LogP contribution in [-0.4, -0.2) is 41.1 Å². The van der Waals surface area contributed by atoms with E-state index < -0.39 is 0 Å². The third-order valence-electron chi connectivity index (χ3n) is 5.00. The smallest absolute Gasteiger partial charge is 0.236 e. The van der Waals surface area contributed by atoms with Gasteiger partial charge in [0, 0.05) is 6.54 Å². The first-order valence-corrected chi connectivity index (χ1v) is 9.51. The third-order valence-corrected chi connectivity index (χ3v) is 5.85. The summed E-state index contributed by atoms with van der Waals surface area (Å²) in [6.45, 7) is 3.22. The Kier molecular flexibility index (Phi) is 4.41. The predicted molar refractivity (Wildman–Crippen MR) is 92.0 cm³/mol. The van der Waals surface area contributed by atoms with E-state index in [4.69, 9.17) is 9.15 Å². The maximum atomic E-state index is 12.9. The molecule has 3 heterocycles. The van der Waals surface area contributed by atoms with E-state index in [1.807, 2.05) is 29.3 Å². The van der Waals surface area contributed by atoms with Crippen LogP contribution >= 0.6 is 11.3 Å². The van der Waals surface area contributed by atoms with Crippen molar-refractivity contribution < 1.29 is 13.9 Å². The van der Waals surface area contributed by atoms with Crippen LogP contribution in [0.15, 0.2) is 21.9 Å². The number of morpholine rings is 1. The van der Waals surface area contributed by atoms with Gasteiger partial charge in [-0.15, -0.1) is 11.3 Å². The number of ether oxygens (including phenoxy) is 1. The van der Waals surface area contributed by atoms with E-state index in [9.17, 15) is 4.79 Å². The van der Waals surface area contributed by atoms with Crippen LogP contribution in [0.1, 0.15) is 37.1 Å². The van der Waals surface area contributed by atoms with Crippen LogP contribution in [0.25, 0.3) is 10.8 Å². The standard InChI is InChI=1S/C18H22N2O3S/c1-12-13(19-18(23-12)16-7-4-10-24-16)11-17(21)20-8-9-22-15-6-3-2-5-14(15)20/h4,7,10,14-15H,2-3,5-6,8-9,11H2,1H3/t14-,15-/m1/s1. The topological polar surface area (TPSA) is 55.6 Å². The molecule has 1 saturated carbocycles. The Bertz CT molecular complexity index is 708. The summed E-state index contributed by atoms with van der Waals surface area (Å²) >= 11 is 1.59. The van der Waals surface area contributed by atoms with E-state index in [1.54, 1.807) is 11.3 Å². The van der Waals surface area contributed by atoms with Gasteiger partial charge in [0.2, 0.25) is 11.8 Å². The molecule has 2 aliphatic rings. The van der Waals surface area contributed by atoms with Crippen LogP contribution in [-0.2, 0) is 16.0 Å². The molecule has 0 radical (unpaired) electrons. The monoisotopic (exact) mass is 346 g/mol. The van der Waals surface area contributed by atoms with E-state index in [-0.39, 0.29) is 18.1 Å². The number of carbonyl (C=O) groups excluding carboxylic acids is 1. The number of hydrogen-bond acceptors (Lipinski definition) is 5. The third kappa shape index (κ3) is 3.00. The maximum Gasteiger partial charge on any atom is 0.236 e. The molecule has 0 spiro atoms. The summed E-state index contributed by atoms with van der Waals surface area (Å²) in [4.78, 5) is 20.4. The van der Waals surface area contributed by atoms with Crippen LogP contribution in [0.3, 0.4) is 0 Å². The molecular weight excluding hydrogens is 324 g/mol. The lowest BCUT2D eigenvalue weighted by atomic mass is 9.90. The summed E-state index contributed by atoms with van der Waals surface area (Å²) in [6.07, 6.45) is 5.03. The molecule has 2 aromatic heterocycles. The highest BCUT2D eigenvalue weighted by atomic mass is 32.1. The van der Waals surface area contributed by atoms with E-state index in [1.165, 1.54) is 12.8 Å². The zero-order chi connectivity index (χ0) is 16.5.